The van der Waals surface area contributed by atoms with Crippen LogP contribution in [0, 0.1) is 19.8 Å². The molecule has 0 aromatic heterocycles. The van der Waals surface area contributed by atoms with Crippen LogP contribution in [-0.2, 0) is 11.3 Å². The van der Waals surface area contributed by atoms with E-state index in [1.165, 1.54) is 22.3 Å². The molecule has 1 aliphatic carbocycles. The number of aryl methyl sites for hydroxylation is 2. The second-order valence-corrected chi connectivity index (χ2v) is 12.4. The predicted molar refractivity (Wildman–Crippen MR) is 173 cm³/mol. The van der Waals surface area contributed by atoms with Gasteiger partial charge >= 0.3 is 0 Å². The summed E-state index contributed by atoms with van der Waals surface area (Å²) in [7, 11) is 5.37. The fourth-order valence-corrected chi connectivity index (χ4v) is 6.86. The van der Waals surface area contributed by atoms with Gasteiger partial charge in [-0.2, -0.15) is 5.10 Å². The van der Waals surface area contributed by atoms with Crippen LogP contribution in [0.4, 0.5) is 0 Å². The van der Waals surface area contributed by atoms with Crippen molar-refractivity contribution in [2.75, 3.05) is 21.3 Å². The molecule has 0 radical (unpaired) electrons. The van der Waals surface area contributed by atoms with E-state index in [1.54, 1.807) is 19.2 Å². The summed E-state index contributed by atoms with van der Waals surface area (Å²) >= 11 is 3.60. The molecule has 7 heteroatoms. The Kier molecular flexibility index (Phi) is 9.19. The average Bonchev–Trinajstić information content (AvgIpc) is 3.39. The van der Waals surface area contributed by atoms with Crippen molar-refractivity contribution in [3.05, 3.63) is 98.5 Å². The number of carbonyl (C=O) groups is 1. The number of benzene rings is 3. The highest BCUT2D eigenvalue weighted by atomic mass is 79.9. The van der Waals surface area contributed by atoms with Crippen molar-refractivity contribution < 1.29 is 14.3 Å². The Morgan fingerprint density at radius 3 is 2.24 bits per heavy atom. The number of ether oxygens (including phenoxy) is 2. The number of hydrogen-bond acceptors (Lipinski definition) is 5. The zero-order valence-electron chi connectivity index (χ0n) is 25.4. The summed E-state index contributed by atoms with van der Waals surface area (Å²) in [5.74, 6) is 1.78. The van der Waals surface area contributed by atoms with Crippen LogP contribution < -0.4 is 9.47 Å². The molecule has 0 bridgehead atoms. The highest BCUT2D eigenvalue weighted by Gasteiger charge is 2.45. The van der Waals surface area contributed by atoms with E-state index in [2.05, 4.69) is 77.2 Å². The topological polar surface area (TPSA) is 54.4 Å². The second-order valence-electron chi connectivity index (χ2n) is 11.4. The predicted octanol–water partition coefficient (Wildman–Crippen LogP) is 7.73. The lowest BCUT2D eigenvalue weighted by Gasteiger charge is -2.33. The first-order chi connectivity index (χ1) is 20.2. The fraction of sp³-hybridized carbons (Fsp3) is 0.371. The minimum atomic E-state index is -0.355. The van der Waals surface area contributed by atoms with E-state index < -0.39 is 0 Å². The monoisotopic (exact) mass is 629 g/mol. The molecule has 42 heavy (non-hydrogen) atoms. The number of methoxy groups -OCH3 is 2. The Morgan fingerprint density at radius 2 is 1.64 bits per heavy atom. The van der Waals surface area contributed by atoms with Crippen LogP contribution in [0.2, 0.25) is 0 Å². The Bertz CT molecular complexity index is 1470. The smallest absolute Gasteiger partial charge is 0.260 e. The summed E-state index contributed by atoms with van der Waals surface area (Å²) in [4.78, 5) is 16.4. The molecule has 1 aliphatic heterocycles. The number of likely N-dealkylation sites (N-methyl/N-ethyl adjacent to an activating group) is 1. The van der Waals surface area contributed by atoms with Crippen molar-refractivity contribution in [2.45, 2.75) is 58.7 Å². The molecule has 3 aromatic rings. The Labute approximate surface area is 258 Å². The summed E-state index contributed by atoms with van der Waals surface area (Å²) < 4.78 is 11.8. The quantitative estimate of drug-likeness (QED) is 0.256. The normalized spacial score (nSPS) is 20.0. The highest BCUT2D eigenvalue weighted by molar-refractivity contribution is 9.10. The summed E-state index contributed by atoms with van der Waals surface area (Å²) in [5, 5.41) is 6.90. The molecular weight excluding hydrogens is 590 g/mol. The summed E-state index contributed by atoms with van der Waals surface area (Å²) in [5.41, 5.74) is 8.09. The van der Waals surface area contributed by atoms with E-state index in [0.29, 0.717) is 6.54 Å². The molecule has 0 spiro atoms. The standard InChI is InChI=1S/C35H40BrN3O3/c1-22-18-28(36)19-23(2)32(22)21-38(4)24(3)35(40)39-34(26-12-16-30(42-6)17-13-26)31-9-7-8-27(33(31)37-39)20-25-10-14-29(41-5)15-11-25/h10-20,24,31,34H,7-9,21H2,1-6H3/b27-20+. The van der Waals surface area contributed by atoms with Crippen molar-refractivity contribution in [2.24, 2.45) is 11.0 Å². The molecule has 220 valence electrons. The average molecular weight is 631 g/mol. The number of allylic oxidation sites excluding steroid dienone is 1. The first-order valence-corrected chi connectivity index (χ1v) is 15.4. The van der Waals surface area contributed by atoms with Crippen LogP contribution in [0.1, 0.15) is 60.0 Å². The van der Waals surface area contributed by atoms with E-state index in [0.717, 1.165) is 52.1 Å². The number of halogens is 1. The van der Waals surface area contributed by atoms with Crippen LogP contribution in [0.15, 0.2) is 75.8 Å². The van der Waals surface area contributed by atoms with E-state index in [4.69, 9.17) is 14.6 Å². The zero-order chi connectivity index (χ0) is 30.0. The van der Waals surface area contributed by atoms with Gasteiger partial charge in [-0.05, 0) is 123 Å². The molecule has 3 atom stereocenters. The summed E-state index contributed by atoms with van der Waals surface area (Å²) in [6, 6.07) is 19.9. The molecule has 0 saturated heterocycles. The third-order valence-electron chi connectivity index (χ3n) is 8.73. The zero-order valence-corrected chi connectivity index (χ0v) is 26.9. The SMILES string of the molecule is COc1ccc(/C=C2\CCCC3C2=NN(C(=O)C(C)N(C)Cc2c(C)cc(Br)cc2C)C3c2ccc(OC)cc2)cc1. The molecule has 3 unspecified atom stereocenters. The van der Waals surface area contributed by atoms with E-state index in [-0.39, 0.29) is 23.9 Å². The molecular formula is C35H40BrN3O3. The first kappa shape index (κ1) is 30.1. The third kappa shape index (κ3) is 6.18. The van der Waals surface area contributed by atoms with Gasteiger partial charge in [0.05, 0.1) is 32.0 Å². The Morgan fingerprint density at radius 1 is 1.05 bits per heavy atom. The van der Waals surface area contributed by atoms with Gasteiger partial charge in [-0.15, -0.1) is 0 Å². The number of amides is 1. The maximum absolute atomic E-state index is 14.3. The summed E-state index contributed by atoms with van der Waals surface area (Å²) in [6.07, 6.45) is 5.20. The number of hydrogen-bond donors (Lipinski definition) is 0. The van der Waals surface area contributed by atoms with Crippen molar-refractivity contribution in [1.82, 2.24) is 9.91 Å². The van der Waals surface area contributed by atoms with Gasteiger partial charge in [0, 0.05) is 16.9 Å². The molecule has 6 nitrogen and oxygen atoms in total. The van der Waals surface area contributed by atoms with Gasteiger partial charge < -0.3 is 9.47 Å². The largest absolute Gasteiger partial charge is 0.497 e. The lowest BCUT2D eigenvalue weighted by atomic mass is 9.77. The minimum Gasteiger partial charge on any atom is -0.497 e. The van der Waals surface area contributed by atoms with Gasteiger partial charge in [-0.25, -0.2) is 5.01 Å². The molecule has 1 amide bonds. The van der Waals surface area contributed by atoms with Crippen LogP contribution >= 0.6 is 15.9 Å². The van der Waals surface area contributed by atoms with Crippen molar-refractivity contribution in [3.63, 3.8) is 0 Å². The molecule has 1 saturated carbocycles. The maximum atomic E-state index is 14.3. The van der Waals surface area contributed by atoms with Crippen LogP contribution in [0.5, 0.6) is 11.5 Å². The van der Waals surface area contributed by atoms with Crippen LogP contribution in [0.3, 0.4) is 0 Å². The Balaban J connectivity index is 1.48. The number of nitrogens with zero attached hydrogens (tertiary/aromatic N) is 3. The van der Waals surface area contributed by atoms with Gasteiger partial charge in [0.2, 0.25) is 0 Å². The first-order valence-electron chi connectivity index (χ1n) is 14.6. The molecule has 1 heterocycles. The molecule has 5 rings (SSSR count). The number of fused-ring (bicyclic) bond motifs is 1. The van der Waals surface area contributed by atoms with Gasteiger partial charge in [0.15, 0.2) is 0 Å². The van der Waals surface area contributed by atoms with Crippen LogP contribution in [-0.4, -0.2) is 48.8 Å². The maximum Gasteiger partial charge on any atom is 0.260 e. The van der Waals surface area contributed by atoms with E-state index in [9.17, 15) is 4.79 Å². The lowest BCUT2D eigenvalue weighted by molar-refractivity contribution is -0.138. The van der Waals surface area contributed by atoms with E-state index >= 15 is 0 Å². The number of rotatable bonds is 8. The highest BCUT2D eigenvalue weighted by Crippen LogP contribution is 2.45. The van der Waals surface area contributed by atoms with Gasteiger partial charge in [0.25, 0.3) is 5.91 Å². The van der Waals surface area contributed by atoms with E-state index in [1.807, 2.05) is 38.2 Å². The number of hydrazone groups is 1. The van der Waals surface area contributed by atoms with Crippen molar-refractivity contribution >= 4 is 33.6 Å². The van der Waals surface area contributed by atoms with Gasteiger partial charge in [0.1, 0.15) is 11.5 Å². The molecule has 1 fully saturated rings. The molecule has 0 N–H and O–H groups in total. The van der Waals surface area contributed by atoms with Gasteiger partial charge in [-0.3, -0.25) is 9.69 Å². The van der Waals surface area contributed by atoms with Crippen molar-refractivity contribution in [3.8, 4) is 11.5 Å². The minimum absolute atomic E-state index is 0.0106. The molecule has 2 aliphatic rings. The lowest BCUT2D eigenvalue weighted by Crippen LogP contribution is -2.44. The number of carbonyl (C=O) groups excluding carboxylic acids is 1. The summed E-state index contributed by atoms with van der Waals surface area (Å²) in [6.45, 7) is 6.93. The van der Waals surface area contributed by atoms with Crippen molar-refractivity contribution in [1.29, 1.82) is 0 Å². The second kappa shape index (κ2) is 12.8. The van der Waals surface area contributed by atoms with Crippen LogP contribution in [0.25, 0.3) is 6.08 Å². The Hall–Kier alpha value is -3.42. The fourth-order valence-electron chi connectivity index (χ4n) is 6.17. The third-order valence-corrected chi connectivity index (χ3v) is 9.19. The van der Waals surface area contributed by atoms with Gasteiger partial charge in [-0.1, -0.05) is 40.2 Å². The molecule has 3 aromatic carbocycles.